The number of rotatable bonds is 5. The first kappa shape index (κ1) is 10.2. The summed E-state index contributed by atoms with van der Waals surface area (Å²) in [7, 11) is 0. The van der Waals surface area contributed by atoms with Crippen LogP contribution in [0.15, 0.2) is 36.5 Å². The van der Waals surface area contributed by atoms with Crippen LogP contribution in [-0.2, 0) is 0 Å². The van der Waals surface area contributed by atoms with Crippen molar-refractivity contribution < 1.29 is 0 Å². The summed E-state index contributed by atoms with van der Waals surface area (Å²) < 4.78 is 0. The highest BCUT2D eigenvalue weighted by atomic mass is 14.0. The van der Waals surface area contributed by atoms with Crippen molar-refractivity contribution in [3.05, 3.63) is 36.5 Å². The van der Waals surface area contributed by atoms with Crippen molar-refractivity contribution in [2.24, 2.45) is 0 Å². The van der Waals surface area contributed by atoms with Crippen molar-refractivity contribution in [3.8, 4) is 0 Å². The molecular formula is C11H18. The van der Waals surface area contributed by atoms with Crippen LogP contribution < -0.4 is 0 Å². The largest absolute Gasteiger partial charge is 0.0991 e. The van der Waals surface area contributed by atoms with Gasteiger partial charge in [0.05, 0.1) is 0 Å². The lowest BCUT2D eigenvalue weighted by Gasteiger charge is -1.99. The highest BCUT2D eigenvalue weighted by molar-refractivity contribution is 5.10. The first-order chi connectivity index (χ1) is 5.35. The lowest BCUT2D eigenvalue weighted by atomic mass is 10.1. The van der Waals surface area contributed by atoms with Gasteiger partial charge in [-0.25, -0.2) is 0 Å². The van der Waals surface area contributed by atoms with Gasteiger partial charge >= 0.3 is 0 Å². The van der Waals surface area contributed by atoms with Gasteiger partial charge in [0, 0.05) is 0 Å². The molecule has 0 spiro atoms. The van der Waals surface area contributed by atoms with Gasteiger partial charge in [-0.15, -0.1) is 0 Å². The van der Waals surface area contributed by atoms with Crippen molar-refractivity contribution in [1.82, 2.24) is 0 Å². The van der Waals surface area contributed by atoms with Gasteiger partial charge in [-0.05, 0) is 26.2 Å². The van der Waals surface area contributed by atoms with Crippen LogP contribution in [0.25, 0.3) is 0 Å². The van der Waals surface area contributed by atoms with E-state index in [1.165, 1.54) is 12.0 Å². The fraction of sp³-hybridized carbons (Fsp3) is 0.455. The zero-order valence-electron chi connectivity index (χ0n) is 7.64. The van der Waals surface area contributed by atoms with E-state index in [0.29, 0.717) is 0 Å². The Bertz CT molecular complexity index is 149. The summed E-state index contributed by atoms with van der Waals surface area (Å²) in [4.78, 5) is 0. The molecule has 0 aliphatic heterocycles. The Morgan fingerprint density at radius 2 is 2.18 bits per heavy atom. The molecule has 0 amide bonds. The maximum absolute atomic E-state index is 3.68. The van der Waals surface area contributed by atoms with E-state index in [2.05, 4.69) is 38.7 Å². The minimum absolute atomic E-state index is 1.14. The highest BCUT2D eigenvalue weighted by Crippen LogP contribution is 2.09. The molecule has 0 fully saturated rings. The fourth-order valence-corrected chi connectivity index (χ4v) is 0.980. The Kier molecular flexibility index (Phi) is 6.81. The summed E-state index contributed by atoms with van der Waals surface area (Å²) in [5, 5.41) is 0. The van der Waals surface area contributed by atoms with E-state index in [-0.39, 0.29) is 0 Å². The van der Waals surface area contributed by atoms with Gasteiger partial charge in [-0.1, -0.05) is 43.4 Å². The van der Waals surface area contributed by atoms with Gasteiger partial charge in [0.2, 0.25) is 0 Å². The molecule has 0 saturated carbocycles. The number of allylic oxidation sites excluding steroid dienone is 5. The van der Waals surface area contributed by atoms with Crippen molar-refractivity contribution in [1.29, 1.82) is 0 Å². The van der Waals surface area contributed by atoms with Gasteiger partial charge in [0.15, 0.2) is 0 Å². The van der Waals surface area contributed by atoms with Gasteiger partial charge in [0.1, 0.15) is 0 Å². The summed E-state index contributed by atoms with van der Waals surface area (Å²) >= 11 is 0. The van der Waals surface area contributed by atoms with Crippen molar-refractivity contribution >= 4 is 0 Å². The molecular weight excluding hydrogens is 132 g/mol. The standard InChI is InChI=1S/C11H18/c1-4-7-8-10-11(6-3)9-5-2/h4-5,7,9H,2,6,8,10H2,1,3H3. The quantitative estimate of drug-likeness (QED) is 0.412. The molecule has 0 N–H and O–H groups in total. The van der Waals surface area contributed by atoms with Crippen molar-refractivity contribution in [2.45, 2.75) is 33.1 Å². The zero-order valence-corrected chi connectivity index (χ0v) is 7.64. The lowest BCUT2D eigenvalue weighted by molar-refractivity contribution is 0.908. The minimum atomic E-state index is 1.14. The molecule has 0 nitrogen and oxygen atoms in total. The minimum Gasteiger partial charge on any atom is -0.0991 e. The predicted molar refractivity (Wildman–Crippen MR) is 52.6 cm³/mol. The van der Waals surface area contributed by atoms with E-state index in [1.54, 1.807) is 0 Å². The second kappa shape index (κ2) is 7.33. The average Bonchev–Trinajstić information content (AvgIpc) is 2.03. The van der Waals surface area contributed by atoms with Crippen LogP contribution in [-0.4, -0.2) is 0 Å². The number of hydrogen-bond donors (Lipinski definition) is 0. The van der Waals surface area contributed by atoms with E-state index in [1.807, 2.05) is 6.08 Å². The molecule has 0 aliphatic rings. The van der Waals surface area contributed by atoms with Crippen LogP contribution in [0.2, 0.25) is 0 Å². The summed E-state index contributed by atoms with van der Waals surface area (Å²) in [5.41, 5.74) is 1.48. The van der Waals surface area contributed by atoms with Crippen LogP contribution in [0.5, 0.6) is 0 Å². The van der Waals surface area contributed by atoms with Gasteiger partial charge in [-0.3, -0.25) is 0 Å². The van der Waals surface area contributed by atoms with Gasteiger partial charge < -0.3 is 0 Å². The Morgan fingerprint density at radius 3 is 2.64 bits per heavy atom. The Balaban J connectivity index is 3.69. The van der Waals surface area contributed by atoms with Crippen molar-refractivity contribution in [2.75, 3.05) is 0 Å². The van der Waals surface area contributed by atoms with Crippen LogP contribution in [0.1, 0.15) is 33.1 Å². The average molecular weight is 150 g/mol. The third kappa shape index (κ3) is 5.65. The predicted octanol–water partition coefficient (Wildman–Crippen LogP) is 3.87. The topological polar surface area (TPSA) is 0 Å². The molecule has 0 unspecified atom stereocenters. The normalized spacial score (nSPS) is 12.4. The van der Waals surface area contributed by atoms with E-state index >= 15 is 0 Å². The molecule has 0 radical (unpaired) electrons. The maximum atomic E-state index is 3.68. The number of hydrogen-bond acceptors (Lipinski definition) is 0. The van der Waals surface area contributed by atoms with Crippen LogP contribution in [0.3, 0.4) is 0 Å². The summed E-state index contributed by atoms with van der Waals surface area (Å²) in [5.74, 6) is 0. The highest BCUT2D eigenvalue weighted by Gasteiger charge is 1.89. The maximum Gasteiger partial charge on any atom is -0.0283 e. The van der Waals surface area contributed by atoms with Crippen molar-refractivity contribution in [3.63, 3.8) is 0 Å². The Hall–Kier alpha value is -0.780. The Labute approximate surface area is 70.3 Å². The molecule has 11 heavy (non-hydrogen) atoms. The summed E-state index contributed by atoms with van der Waals surface area (Å²) in [6.07, 6.45) is 11.8. The van der Waals surface area contributed by atoms with E-state index in [9.17, 15) is 0 Å². The molecule has 0 bridgehead atoms. The molecule has 0 aliphatic carbocycles. The first-order valence-electron chi connectivity index (χ1n) is 4.26. The van der Waals surface area contributed by atoms with Gasteiger partial charge in [-0.2, -0.15) is 0 Å². The molecule has 62 valence electrons. The zero-order chi connectivity index (χ0) is 8.53. The van der Waals surface area contributed by atoms with Crippen LogP contribution in [0.4, 0.5) is 0 Å². The lowest BCUT2D eigenvalue weighted by Crippen LogP contribution is -1.78. The third-order valence-corrected chi connectivity index (χ3v) is 1.68. The van der Waals surface area contributed by atoms with Gasteiger partial charge in [0.25, 0.3) is 0 Å². The first-order valence-corrected chi connectivity index (χ1v) is 4.26. The third-order valence-electron chi connectivity index (χ3n) is 1.68. The second-order valence-corrected chi connectivity index (χ2v) is 2.52. The molecule has 0 aromatic carbocycles. The Morgan fingerprint density at radius 1 is 1.45 bits per heavy atom. The molecule has 0 rings (SSSR count). The molecule has 0 atom stereocenters. The van der Waals surface area contributed by atoms with E-state index in [0.717, 1.165) is 12.8 Å². The van der Waals surface area contributed by atoms with Crippen LogP contribution >= 0.6 is 0 Å². The van der Waals surface area contributed by atoms with E-state index < -0.39 is 0 Å². The van der Waals surface area contributed by atoms with E-state index in [4.69, 9.17) is 0 Å². The molecule has 0 aromatic rings. The monoisotopic (exact) mass is 150 g/mol. The summed E-state index contributed by atoms with van der Waals surface area (Å²) in [6, 6.07) is 0. The second-order valence-electron chi connectivity index (χ2n) is 2.52. The van der Waals surface area contributed by atoms with Crippen LogP contribution in [0, 0.1) is 0 Å². The SMILES string of the molecule is C=CC=C(CC)CCC=CC. The fourth-order valence-electron chi connectivity index (χ4n) is 0.980. The summed E-state index contributed by atoms with van der Waals surface area (Å²) in [6.45, 7) is 7.93. The molecule has 0 aromatic heterocycles. The smallest absolute Gasteiger partial charge is 0.0283 e. The molecule has 0 saturated heterocycles. The molecule has 0 heterocycles. The molecule has 0 heteroatoms.